The molecule has 0 aliphatic heterocycles. The minimum absolute atomic E-state index is 0.00800. The molecule has 2 amide bonds. The van der Waals surface area contributed by atoms with Crippen LogP contribution in [-0.2, 0) is 11.3 Å². The molecule has 4 aromatic rings. The van der Waals surface area contributed by atoms with E-state index in [0.717, 1.165) is 11.8 Å². The standard InChI is InChI=1S/C27H25FN6O5S/c1-3-39-22-12-10-21(11-13-22)33-24(15-29-26(36)18-5-4-17(2)23(14-18)34(37)38)31-32-27(33)40-16-25(35)30-20-8-6-19(28)7-9-20/h4-14H,3,15-16H2,1-2H3,(H,29,36)(H,30,35). The van der Waals surface area contributed by atoms with Gasteiger partial charge in [0.2, 0.25) is 5.91 Å². The number of benzene rings is 3. The molecular weight excluding hydrogens is 539 g/mol. The molecule has 13 heteroatoms. The zero-order valence-corrected chi connectivity index (χ0v) is 22.4. The number of nitrogens with one attached hydrogen (secondary N) is 2. The third-order valence-corrected chi connectivity index (χ3v) is 6.57. The number of halogens is 1. The Morgan fingerprint density at radius 3 is 2.48 bits per heavy atom. The number of aromatic nitrogens is 3. The summed E-state index contributed by atoms with van der Waals surface area (Å²) in [5.41, 5.74) is 1.56. The number of ether oxygens (including phenoxy) is 1. The number of thioether (sulfide) groups is 1. The molecule has 0 unspecified atom stereocenters. The van der Waals surface area contributed by atoms with Gasteiger partial charge in [-0.3, -0.25) is 24.3 Å². The number of carbonyl (C=O) groups excluding carboxylic acids is 2. The topological polar surface area (TPSA) is 141 Å². The number of nitrogens with zero attached hydrogens (tertiary/aromatic N) is 4. The maximum absolute atomic E-state index is 13.1. The Morgan fingerprint density at radius 1 is 1.07 bits per heavy atom. The third kappa shape index (κ3) is 6.99. The van der Waals surface area contributed by atoms with Gasteiger partial charge in [0.15, 0.2) is 11.0 Å². The van der Waals surface area contributed by atoms with Gasteiger partial charge < -0.3 is 15.4 Å². The molecule has 1 heterocycles. The maximum atomic E-state index is 13.1. The van der Waals surface area contributed by atoms with Gasteiger partial charge in [-0.1, -0.05) is 17.8 Å². The first-order chi connectivity index (χ1) is 19.2. The van der Waals surface area contributed by atoms with Crippen LogP contribution in [0.3, 0.4) is 0 Å². The molecule has 0 atom stereocenters. The van der Waals surface area contributed by atoms with Crippen molar-refractivity contribution >= 4 is 35.0 Å². The van der Waals surface area contributed by atoms with Gasteiger partial charge in [0.05, 0.1) is 23.8 Å². The second-order valence-corrected chi connectivity index (χ2v) is 9.39. The van der Waals surface area contributed by atoms with Crippen molar-refractivity contribution in [2.75, 3.05) is 17.7 Å². The van der Waals surface area contributed by atoms with Crippen molar-refractivity contribution in [3.05, 3.63) is 99.6 Å². The van der Waals surface area contributed by atoms with Crippen LogP contribution in [0.5, 0.6) is 5.75 Å². The summed E-state index contributed by atoms with van der Waals surface area (Å²) < 4.78 is 20.4. The lowest BCUT2D eigenvalue weighted by molar-refractivity contribution is -0.385. The van der Waals surface area contributed by atoms with Gasteiger partial charge in [-0.05, 0) is 68.4 Å². The predicted molar refractivity (Wildman–Crippen MR) is 147 cm³/mol. The van der Waals surface area contributed by atoms with Crippen molar-refractivity contribution in [3.8, 4) is 11.4 Å². The zero-order valence-electron chi connectivity index (χ0n) is 21.6. The van der Waals surface area contributed by atoms with Crippen molar-refractivity contribution in [1.82, 2.24) is 20.1 Å². The summed E-state index contributed by atoms with van der Waals surface area (Å²) in [6.45, 7) is 3.94. The van der Waals surface area contributed by atoms with E-state index in [2.05, 4.69) is 20.8 Å². The van der Waals surface area contributed by atoms with E-state index in [1.54, 1.807) is 35.8 Å². The number of nitro groups is 1. The first-order valence-corrected chi connectivity index (χ1v) is 13.1. The molecule has 0 spiro atoms. The highest BCUT2D eigenvalue weighted by Crippen LogP contribution is 2.25. The highest BCUT2D eigenvalue weighted by molar-refractivity contribution is 7.99. The number of hydrogen-bond acceptors (Lipinski definition) is 8. The Balaban J connectivity index is 1.53. The van der Waals surface area contributed by atoms with Crippen LogP contribution in [0.4, 0.5) is 15.8 Å². The van der Waals surface area contributed by atoms with Crippen LogP contribution in [0.25, 0.3) is 5.69 Å². The molecule has 0 radical (unpaired) electrons. The molecule has 4 rings (SSSR count). The lowest BCUT2D eigenvalue weighted by Gasteiger charge is -2.12. The molecule has 0 bridgehead atoms. The predicted octanol–water partition coefficient (Wildman–Crippen LogP) is 4.68. The van der Waals surface area contributed by atoms with Crippen molar-refractivity contribution in [1.29, 1.82) is 0 Å². The summed E-state index contributed by atoms with van der Waals surface area (Å²) in [5, 5.41) is 25.5. The third-order valence-electron chi connectivity index (χ3n) is 5.64. The van der Waals surface area contributed by atoms with E-state index >= 15 is 0 Å². The highest BCUT2D eigenvalue weighted by Gasteiger charge is 2.19. The monoisotopic (exact) mass is 564 g/mol. The Bertz CT molecular complexity index is 1530. The molecule has 40 heavy (non-hydrogen) atoms. The Morgan fingerprint density at radius 2 is 1.80 bits per heavy atom. The van der Waals surface area contributed by atoms with Crippen molar-refractivity contribution in [2.45, 2.75) is 25.5 Å². The summed E-state index contributed by atoms with van der Waals surface area (Å²) in [4.78, 5) is 36.0. The number of amides is 2. The van der Waals surface area contributed by atoms with Gasteiger partial charge in [0.25, 0.3) is 11.6 Å². The van der Waals surface area contributed by atoms with Crippen molar-refractivity contribution < 1.29 is 23.6 Å². The minimum Gasteiger partial charge on any atom is -0.494 e. The molecule has 0 fully saturated rings. The zero-order chi connectivity index (χ0) is 28.6. The van der Waals surface area contributed by atoms with Gasteiger partial charge in [0.1, 0.15) is 11.6 Å². The van der Waals surface area contributed by atoms with Crippen LogP contribution in [0.15, 0.2) is 71.9 Å². The number of aryl methyl sites for hydroxylation is 1. The second-order valence-electron chi connectivity index (χ2n) is 8.45. The highest BCUT2D eigenvalue weighted by atomic mass is 32.2. The fourth-order valence-corrected chi connectivity index (χ4v) is 4.47. The van der Waals surface area contributed by atoms with Gasteiger partial charge in [-0.15, -0.1) is 10.2 Å². The fraction of sp³-hybridized carbons (Fsp3) is 0.185. The first kappa shape index (κ1) is 28.2. The number of nitro benzene ring substituents is 1. The van der Waals surface area contributed by atoms with E-state index in [-0.39, 0.29) is 29.5 Å². The average Bonchev–Trinajstić information content (AvgIpc) is 3.35. The number of hydrogen-bond donors (Lipinski definition) is 2. The van der Waals surface area contributed by atoms with E-state index in [1.807, 2.05) is 6.92 Å². The van der Waals surface area contributed by atoms with Gasteiger partial charge in [-0.25, -0.2) is 4.39 Å². The summed E-state index contributed by atoms with van der Waals surface area (Å²) in [5.74, 6) is -0.211. The summed E-state index contributed by atoms with van der Waals surface area (Å²) >= 11 is 1.13. The molecular formula is C27H25FN6O5S. The van der Waals surface area contributed by atoms with Crippen LogP contribution >= 0.6 is 11.8 Å². The van der Waals surface area contributed by atoms with E-state index in [0.29, 0.717) is 40.3 Å². The molecule has 206 valence electrons. The summed E-state index contributed by atoms with van der Waals surface area (Å²) in [6.07, 6.45) is 0. The van der Waals surface area contributed by atoms with Crippen LogP contribution < -0.4 is 15.4 Å². The smallest absolute Gasteiger partial charge is 0.273 e. The lowest BCUT2D eigenvalue weighted by Crippen LogP contribution is -2.25. The largest absolute Gasteiger partial charge is 0.494 e. The number of anilines is 1. The fourth-order valence-electron chi connectivity index (χ4n) is 3.69. The van der Waals surface area contributed by atoms with E-state index < -0.39 is 16.6 Å². The van der Waals surface area contributed by atoms with E-state index in [1.165, 1.54) is 42.5 Å². The lowest BCUT2D eigenvalue weighted by atomic mass is 10.1. The second kappa shape index (κ2) is 12.8. The van der Waals surface area contributed by atoms with Crippen LogP contribution in [0.2, 0.25) is 0 Å². The molecule has 0 saturated heterocycles. The maximum Gasteiger partial charge on any atom is 0.273 e. The van der Waals surface area contributed by atoms with Gasteiger partial charge >= 0.3 is 0 Å². The van der Waals surface area contributed by atoms with E-state index in [9.17, 15) is 24.1 Å². The summed E-state index contributed by atoms with van der Waals surface area (Å²) in [7, 11) is 0. The average molecular weight is 565 g/mol. The van der Waals surface area contributed by atoms with Crippen LogP contribution in [0, 0.1) is 22.9 Å². The molecule has 0 saturated carbocycles. The molecule has 0 aliphatic carbocycles. The Kier molecular flexibility index (Phi) is 9.07. The van der Waals surface area contributed by atoms with Gasteiger partial charge in [-0.2, -0.15) is 0 Å². The molecule has 0 aliphatic rings. The SMILES string of the molecule is CCOc1ccc(-n2c(CNC(=O)c3ccc(C)c([N+](=O)[O-])c3)nnc2SCC(=O)Nc2ccc(F)cc2)cc1. The summed E-state index contributed by atoms with van der Waals surface area (Å²) in [6, 6.07) is 16.8. The minimum atomic E-state index is -0.537. The molecule has 3 aromatic carbocycles. The van der Waals surface area contributed by atoms with Gasteiger partial charge in [0, 0.05) is 28.6 Å². The normalized spacial score (nSPS) is 10.7. The Labute approximate surface area is 232 Å². The molecule has 11 nitrogen and oxygen atoms in total. The van der Waals surface area contributed by atoms with Crippen molar-refractivity contribution in [3.63, 3.8) is 0 Å². The number of rotatable bonds is 11. The van der Waals surface area contributed by atoms with Crippen LogP contribution in [-0.4, -0.2) is 43.9 Å². The van der Waals surface area contributed by atoms with Crippen molar-refractivity contribution in [2.24, 2.45) is 0 Å². The van der Waals surface area contributed by atoms with E-state index in [4.69, 9.17) is 4.74 Å². The van der Waals surface area contributed by atoms with Crippen LogP contribution in [0.1, 0.15) is 28.7 Å². The quantitative estimate of drug-likeness (QED) is 0.152. The first-order valence-electron chi connectivity index (χ1n) is 12.1. The Hall–Kier alpha value is -4.78. The molecule has 1 aromatic heterocycles. The molecule has 2 N–H and O–H groups in total. The number of carbonyl (C=O) groups is 2.